The predicted molar refractivity (Wildman–Crippen MR) is 89.1 cm³/mol. The van der Waals surface area contributed by atoms with Crippen molar-refractivity contribution in [3.63, 3.8) is 0 Å². The first-order valence-corrected chi connectivity index (χ1v) is 7.62. The highest BCUT2D eigenvalue weighted by atomic mass is 79.9. The summed E-state index contributed by atoms with van der Waals surface area (Å²) >= 11 is 3.49. The fraction of sp³-hybridized carbons (Fsp3) is 0.235. The summed E-state index contributed by atoms with van der Waals surface area (Å²) in [5, 5.41) is 2.63. The fourth-order valence-electron chi connectivity index (χ4n) is 2.22. The van der Waals surface area contributed by atoms with Crippen molar-refractivity contribution in [2.24, 2.45) is 0 Å². The van der Waals surface area contributed by atoms with Gasteiger partial charge < -0.3 is 5.32 Å². The smallest absolute Gasteiger partial charge is 0.251 e. The Bertz CT molecular complexity index is 610. The molecule has 0 saturated heterocycles. The van der Waals surface area contributed by atoms with E-state index in [2.05, 4.69) is 45.3 Å². The number of benzene rings is 2. The van der Waals surface area contributed by atoms with E-state index in [9.17, 15) is 4.79 Å². The molecule has 2 aromatic carbocycles. The summed E-state index contributed by atoms with van der Waals surface area (Å²) in [6.45, 7) is 1.73. The maximum Gasteiger partial charge on any atom is 0.251 e. The third kappa shape index (κ3) is 4.69. The van der Waals surface area contributed by atoms with E-state index in [0.29, 0.717) is 5.56 Å². The second-order valence-corrected chi connectivity index (χ2v) is 5.99. The van der Waals surface area contributed by atoms with Crippen LogP contribution < -0.4 is 5.32 Å². The number of amides is 1. The highest BCUT2D eigenvalue weighted by Gasteiger charge is 2.05. The van der Waals surface area contributed by atoms with Crippen molar-refractivity contribution in [3.05, 3.63) is 69.7 Å². The fourth-order valence-corrected chi connectivity index (χ4v) is 2.67. The van der Waals surface area contributed by atoms with Crippen LogP contribution in [0.2, 0.25) is 0 Å². The zero-order valence-corrected chi connectivity index (χ0v) is 13.9. The number of nitrogens with one attached hydrogen (secondary N) is 1. The minimum Gasteiger partial charge on any atom is -0.355 e. The number of rotatable bonds is 5. The Morgan fingerprint density at radius 2 is 1.76 bits per heavy atom. The number of nitrogens with zero attached hydrogens (tertiary/aromatic N) is 1. The summed E-state index contributed by atoms with van der Waals surface area (Å²) in [6, 6.07) is 16.1. The largest absolute Gasteiger partial charge is 0.355 e. The van der Waals surface area contributed by atoms with Gasteiger partial charge in [-0.15, -0.1) is 0 Å². The van der Waals surface area contributed by atoms with Gasteiger partial charge >= 0.3 is 0 Å². The van der Waals surface area contributed by atoms with Crippen LogP contribution in [0.5, 0.6) is 0 Å². The molecule has 4 heteroatoms. The Hall–Kier alpha value is -1.65. The van der Waals surface area contributed by atoms with Crippen molar-refractivity contribution in [3.8, 4) is 0 Å². The molecular formula is C17H19BrN2O. The van der Waals surface area contributed by atoms with Crippen LogP contribution in [-0.2, 0) is 13.1 Å². The van der Waals surface area contributed by atoms with Gasteiger partial charge in [0.1, 0.15) is 0 Å². The van der Waals surface area contributed by atoms with Crippen LogP contribution in [0.4, 0.5) is 0 Å². The van der Waals surface area contributed by atoms with Gasteiger partial charge in [0.15, 0.2) is 0 Å². The topological polar surface area (TPSA) is 32.3 Å². The van der Waals surface area contributed by atoms with E-state index < -0.39 is 0 Å². The van der Waals surface area contributed by atoms with Crippen molar-refractivity contribution in [1.82, 2.24) is 10.2 Å². The molecule has 0 aliphatic carbocycles. The van der Waals surface area contributed by atoms with Gasteiger partial charge in [-0.05, 0) is 42.4 Å². The quantitative estimate of drug-likeness (QED) is 0.899. The van der Waals surface area contributed by atoms with Crippen molar-refractivity contribution in [2.75, 3.05) is 14.1 Å². The van der Waals surface area contributed by atoms with E-state index in [0.717, 1.165) is 17.6 Å². The van der Waals surface area contributed by atoms with Gasteiger partial charge in [-0.25, -0.2) is 0 Å². The molecule has 0 radical (unpaired) electrons. The van der Waals surface area contributed by atoms with Crippen molar-refractivity contribution >= 4 is 21.8 Å². The van der Waals surface area contributed by atoms with Crippen LogP contribution in [0.3, 0.4) is 0 Å². The van der Waals surface area contributed by atoms with Crippen molar-refractivity contribution in [1.29, 1.82) is 0 Å². The van der Waals surface area contributed by atoms with Crippen molar-refractivity contribution < 1.29 is 4.79 Å². The summed E-state index contributed by atoms with van der Waals surface area (Å²) in [5.41, 5.74) is 3.16. The van der Waals surface area contributed by atoms with E-state index in [1.165, 1.54) is 11.1 Å². The second-order valence-electron chi connectivity index (χ2n) is 5.08. The first kappa shape index (κ1) is 15.7. The first-order chi connectivity index (χ1) is 10.1. The lowest BCUT2D eigenvalue weighted by Crippen LogP contribution is -2.19. The van der Waals surface area contributed by atoms with Gasteiger partial charge in [-0.1, -0.05) is 40.2 Å². The third-order valence-electron chi connectivity index (χ3n) is 3.24. The Labute approximate surface area is 134 Å². The predicted octanol–water partition coefficient (Wildman–Crippen LogP) is 3.44. The zero-order chi connectivity index (χ0) is 15.2. The van der Waals surface area contributed by atoms with Crippen LogP contribution in [0.1, 0.15) is 21.5 Å². The third-order valence-corrected chi connectivity index (χ3v) is 3.73. The summed E-state index contributed by atoms with van der Waals surface area (Å²) in [7, 11) is 3.73. The standard InChI is InChI=1S/C17H19BrN2O/c1-19-17(21)15-8-6-13(7-9-15)11-20(2)12-14-4-3-5-16(18)10-14/h3-10H,11-12H2,1-2H3,(H,19,21). The normalized spacial score (nSPS) is 10.7. The van der Waals surface area contributed by atoms with Gasteiger partial charge in [0.25, 0.3) is 5.91 Å². The molecule has 0 saturated carbocycles. The average molecular weight is 347 g/mol. The van der Waals surface area contributed by atoms with Crippen LogP contribution in [0, 0.1) is 0 Å². The number of hydrogen-bond donors (Lipinski definition) is 1. The monoisotopic (exact) mass is 346 g/mol. The van der Waals surface area contributed by atoms with E-state index >= 15 is 0 Å². The van der Waals surface area contributed by atoms with Gasteiger partial charge in [-0.3, -0.25) is 9.69 Å². The number of halogens is 1. The summed E-state index contributed by atoms with van der Waals surface area (Å²) in [4.78, 5) is 13.7. The maximum atomic E-state index is 11.5. The lowest BCUT2D eigenvalue weighted by atomic mass is 10.1. The Kier molecular flexibility index (Phi) is 5.53. The molecule has 1 amide bonds. The molecule has 1 N–H and O–H groups in total. The van der Waals surface area contributed by atoms with E-state index in [1.54, 1.807) is 7.05 Å². The maximum absolute atomic E-state index is 11.5. The Morgan fingerprint density at radius 3 is 2.38 bits per heavy atom. The zero-order valence-electron chi connectivity index (χ0n) is 12.3. The van der Waals surface area contributed by atoms with Crippen LogP contribution >= 0.6 is 15.9 Å². The first-order valence-electron chi connectivity index (χ1n) is 6.82. The van der Waals surface area contributed by atoms with Crippen LogP contribution in [0.25, 0.3) is 0 Å². The minimum atomic E-state index is -0.0518. The molecule has 0 bridgehead atoms. The molecule has 0 unspecified atom stereocenters. The average Bonchev–Trinajstić information content (AvgIpc) is 2.47. The Balaban J connectivity index is 1.96. The van der Waals surface area contributed by atoms with Crippen molar-refractivity contribution in [2.45, 2.75) is 13.1 Å². The molecule has 3 nitrogen and oxygen atoms in total. The molecule has 0 spiro atoms. The van der Waals surface area contributed by atoms with Gasteiger partial charge in [0.05, 0.1) is 0 Å². The molecule has 0 aromatic heterocycles. The summed E-state index contributed by atoms with van der Waals surface area (Å²) < 4.78 is 1.10. The molecular weight excluding hydrogens is 328 g/mol. The van der Waals surface area contributed by atoms with Gasteiger partial charge in [-0.2, -0.15) is 0 Å². The number of carbonyl (C=O) groups is 1. The number of hydrogen-bond acceptors (Lipinski definition) is 2. The minimum absolute atomic E-state index is 0.0518. The van der Waals surface area contributed by atoms with E-state index in [1.807, 2.05) is 36.4 Å². The lowest BCUT2D eigenvalue weighted by Gasteiger charge is -2.17. The molecule has 2 rings (SSSR count). The molecule has 0 aliphatic rings. The summed E-state index contributed by atoms with van der Waals surface area (Å²) in [5.74, 6) is -0.0518. The number of carbonyl (C=O) groups excluding carboxylic acids is 1. The molecule has 0 heterocycles. The molecule has 21 heavy (non-hydrogen) atoms. The SMILES string of the molecule is CNC(=O)c1ccc(CN(C)Cc2cccc(Br)c2)cc1. The van der Waals surface area contributed by atoms with Crippen LogP contribution in [0.15, 0.2) is 53.0 Å². The Morgan fingerprint density at radius 1 is 1.10 bits per heavy atom. The molecule has 0 atom stereocenters. The molecule has 110 valence electrons. The van der Waals surface area contributed by atoms with E-state index in [-0.39, 0.29) is 5.91 Å². The highest BCUT2D eigenvalue weighted by Crippen LogP contribution is 2.14. The second kappa shape index (κ2) is 7.38. The summed E-state index contributed by atoms with van der Waals surface area (Å²) in [6.07, 6.45) is 0. The molecule has 0 aliphatic heterocycles. The molecule has 2 aromatic rings. The lowest BCUT2D eigenvalue weighted by molar-refractivity contribution is 0.0963. The van der Waals surface area contributed by atoms with E-state index in [4.69, 9.17) is 0 Å². The van der Waals surface area contributed by atoms with Gasteiger partial charge in [0, 0.05) is 30.2 Å². The molecule has 0 fully saturated rings. The highest BCUT2D eigenvalue weighted by molar-refractivity contribution is 9.10. The van der Waals surface area contributed by atoms with Gasteiger partial charge in [0.2, 0.25) is 0 Å². The van der Waals surface area contributed by atoms with Crippen LogP contribution in [-0.4, -0.2) is 24.9 Å².